The number of unbranched alkanes of at least 4 members (excludes halogenated alkanes) is 23. The minimum atomic E-state index is -0.827. The van der Waals surface area contributed by atoms with E-state index in [1.807, 2.05) is 0 Å². The number of ether oxygens (including phenoxy) is 3. The Labute approximate surface area is 436 Å². The van der Waals surface area contributed by atoms with Crippen LogP contribution in [0, 0.1) is 0 Å². The molecule has 0 fully saturated rings. The smallest absolute Gasteiger partial charge is 0.306 e. The predicted molar refractivity (Wildman–Crippen MR) is 306 cm³/mol. The van der Waals surface area contributed by atoms with E-state index in [4.69, 9.17) is 14.2 Å². The van der Waals surface area contributed by atoms with Gasteiger partial charge >= 0.3 is 17.9 Å². The van der Waals surface area contributed by atoms with Gasteiger partial charge in [-0.1, -0.05) is 251 Å². The third-order valence-electron chi connectivity index (χ3n) is 11.8. The highest BCUT2D eigenvalue weighted by Crippen LogP contribution is 2.13. The van der Waals surface area contributed by atoms with E-state index in [1.54, 1.807) is 0 Å². The maximum atomic E-state index is 12.9. The molecule has 0 saturated carbocycles. The van der Waals surface area contributed by atoms with E-state index in [0.717, 1.165) is 109 Å². The van der Waals surface area contributed by atoms with Gasteiger partial charge in [-0.05, 0) is 103 Å². The highest BCUT2D eigenvalue weighted by Gasteiger charge is 2.19. The first-order valence-corrected chi connectivity index (χ1v) is 28.8. The molecule has 0 bridgehead atoms. The molecule has 0 aliphatic heterocycles. The van der Waals surface area contributed by atoms with Crippen LogP contribution < -0.4 is 0 Å². The first kappa shape index (κ1) is 66.6. The molecule has 0 aromatic heterocycles. The summed E-state index contributed by atoms with van der Waals surface area (Å²) in [5, 5.41) is 0. The number of hydrogen-bond acceptors (Lipinski definition) is 6. The van der Waals surface area contributed by atoms with Crippen LogP contribution in [0.1, 0.15) is 239 Å². The molecule has 0 aliphatic carbocycles. The average molecular weight is 982 g/mol. The van der Waals surface area contributed by atoms with Gasteiger partial charge in [-0.15, -0.1) is 0 Å². The fraction of sp³-hybridized carbons (Fsp3) is 0.615. The highest BCUT2D eigenvalue weighted by atomic mass is 16.6. The van der Waals surface area contributed by atoms with E-state index in [1.165, 1.54) is 83.5 Å². The second-order valence-corrected chi connectivity index (χ2v) is 18.7. The van der Waals surface area contributed by atoms with Crippen LogP contribution in [-0.4, -0.2) is 37.2 Å². The molecule has 0 amide bonds. The summed E-state index contributed by atoms with van der Waals surface area (Å²) in [6.45, 7) is 6.46. The molecule has 6 heteroatoms. The maximum absolute atomic E-state index is 12.9. The zero-order valence-corrected chi connectivity index (χ0v) is 45.7. The molecule has 0 aromatic carbocycles. The van der Waals surface area contributed by atoms with Gasteiger partial charge in [-0.2, -0.15) is 0 Å². The van der Waals surface area contributed by atoms with Gasteiger partial charge in [-0.3, -0.25) is 14.4 Å². The number of allylic oxidation sites excluding steroid dienone is 22. The molecule has 1 atom stereocenters. The van der Waals surface area contributed by atoms with Crippen molar-refractivity contribution in [2.45, 2.75) is 245 Å². The van der Waals surface area contributed by atoms with Gasteiger partial charge in [0.1, 0.15) is 13.2 Å². The average Bonchev–Trinajstić information content (AvgIpc) is 3.37. The molecule has 0 saturated heterocycles. The number of hydrogen-bond donors (Lipinski definition) is 0. The second kappa shape index (κ2) is 58.1. The first-order chi connectivity index (χ1) is 35.0. The van der Waals surface area contributed by atoms with Crippen molar-refractivity contribution in [2.75, 3.05) is 13.2 Å². The molecule has 0 heterocycles. The largest absolute Gasteiger partial charge is 0.462 e. The molecule has 0 rings (SSSR count). The number of rotatable bonds is 50. The third kappa shape index (κ3) is 56.3. The Morgan fingerprint density at radius 1 is 0.296 bits per heavy atom. The van der Waals surface area contributed by atoms with Crippen LogP contribution >= 0.6 is 0 Å². The van der Waals surface area contributed by atoms with Crippen LogP contribution in [0.15, 0.2) is 134 Å². The minimum Gasteiger partial charge on any atom is -0.462 e. The van der Waals surface area contributed by atoms with Crippen LogP contribution in [0.2, 0.25) is 0 Å². The first-order valence-electron chi connectivity index (χ1n) is 28.8. The van der Waals surface area contributed by atoms with Crippen molar-refractivity contribution in [2.24, 2.45) is 0 Å². The van der Waals surface area contributed by atoms with E-state index in [2.05, 4.69) is 154 Å². The van der Waals surface area contributed by atoms with Gasteiger partial charge in [0, 0.05) is 19.3 Å². The molecular formula is C65H104O6. The lowest BCUT2D eigenvalue weighted by Crippen LogP contribution is -2.30. The summed E-state index contributed by atoms with van der Waals surface area (Å²) in [7, 11) is 0. The zero-order chi connectivity index (χ0) is 51.4. The van der Waals surface area contributed by atoms with Crippen molar-refractivity contribution in [1.82, 2.24) is 0 Å². The molecule has 0 aliphatic rings. The standard InChI is InChI=1S/C65H104O6/c1-4-7-10-13-16-19-22-25-28-31-34-37-40-43-46-49-52-55-58-64(67)70-61-62(60-69-63(66)57-54-51-48-45-42-39-36-33-30-27-24-21-18-15-12-9-6-3)71-65(68)59-56-53-50-47-44-41-38-35-32-29-26-23-20-17-14-11-8-5-2/h16-17,19-20,22-23,25-32,34-39,45,48,62H,4-15,18,21,24,33,40-44,46-47,49-61H2,1-3H3/b19-16-,20-17-,25-22-,26-23-,30-27-,31-28-,32-29-,37-34-,38-35-,39-36-,48-45-. The highest BCUT2D eigenvalue weighted by molar-refractivity contribution is 5.71. The number of esters is 3. The molecule has 400 valence electrons. The van der Waals surface area contributed by atoms with Crippen LogP contribution in [0.4, 0.5) is 0 Å². The maximum Gasteiger partial charge on any atom is 0.306 e. The molecule has 6 nitrogen and oxygen atoms in total. The van der Waals surface area contributed by atoms with E-state index < -0.39 is 6.10 Å². The van der Waals surface area contributed by atoms with Crippen LogP contribution in [0.25, 0.3) is 0 Å². The Balaban J connectivity index is 4.60. The van der Waals surface area contributed by atoms with Gasteiger partial charge < -0.3 is 14.2 Å². The molecular weight excluding hydrogens is 877 g/mol. The van der Waals surface area contributed by atoms with Gasteiger partial charge in [0.05, 0.1) is 0 Å². The summed E-state index contributed by atoms with van der Waals surface area (Å²) in [6.07, 6.45) is 81.4. The lowest BCUT2D eigenvalue weighted by Gasteiger charge is -2.18. The number of carbonyl (C=O) groups excluding carboxylic acids is 3. The quantitative estimate of drug-likeness (QED) is 0.0199. The third-order valence-corrected chi connectivity index (χ3v) is 11.8. The van der Waals surface area contributed by atoms with Gasteiger partial charge in [0.2, 0.25) is 0 Å². The SMILES string of the molecule is CCCCC\C=C/C=C\C=C/C=C\CCCCCCCC(=O)OCC(COC(=O)CCC/C=C\C/C=C\C/C=C\CCCCCCCC)OC(=O)CCCCCCC\C=C/C=C\C=C/C=C\CCCCC. The monoisotopic (exact) mass is 981 g/mol. The molecule has 0 spiro atoms. The molecule has 0 aromatic rings. The second-order valence-electron chi connectivity index (χ2n) is 18.7. The Morgan fingerprint density at radius 3 is 1.00 bits per heavy atom. The molecule has 1 unspecified atom stereocenters. The predicted octanol–water partition coefficient (Wildman–Crippen LogP) is 19.4. The summed E-state index contributed by atoms with van der Waals surface area (Å²) in [6, 6.07) is 0. The number of carbonyl (C=O) groups is 3. The van der Waals surface area contributed by atoms with Crippen molar-refractivity contribution in [3.05, 3.63) is 134 Å². The fourth-order valence-corrected chi connectivity index (χ4v) is 7.42. The summed E-state index contributed by atoms with van der Waals surface area (Å²) in [4.78, 5) is 38.2. The fourth-order valence-electron chi connectivity index (χ4n) is 7.42. The van der Waals surface area contributed by atoms with Gasteiger partial charge in [0.25, 0.3) is 0 Å². The van der Waals surface area contributed by atoms with Crippen LogP contribution in [0.3, 0.4) is 0 Å². The van der Waals surface area contributed by atoms with E-state index in [9.17, 15) is 14.4 Å². The van der Waals surface area contributed by atoms with Crippen molar-refractivity contribution < 1.29 is 28.6 Å². The molecule has 71 heavy (non-hydrogen) atoms. The Kier molecular flexibility index (Phi) is 54.5. The van der Waals surface area contributed by atoms with Gasteiger partial charge in [0.15, 0.2) is 6.10 Å². The van der Waals surface area contributed by atoms with Crippen molar-refractivity contribution in [1.29, 1.82) is 0 Å². The van der Waals surface area contributed by atoms with Gasteiger partial charge in [-0.25, -0.2) is 0 Å². The lowest BCUT2D eigenvalue weighted by atomic mass is 10.1. The summed E-state index contributed by atoms with van der Waals surface area (Å²) >= 11 is 0. The van der Waals surface area contributed by atoms with E-state index in [0.29, 0.717) is 12.8 Å². The van der Waals surface area contributed by atoms with Crippen LogP contribution in [0.5, 0.6) is 0 Å². The lowest BCUT2D eigenvalue weighted by molar-refractivity contribution is -0.167. The summed E-state index contributed by atoms with van der Waals surface area (Å²) < 4.78 is 16.8. The molecule has 0 radical (unpaired) electrons. The van der Waals surface area contributed by atoms with Crippen molar-refractivity contribution in [3.63, 3.8) is 0 Å². The Bertz CT molecular complexity index is 1550. The van der Waals surface area contributed by atoms with Crippen molar-refractivity contribution >= 4 is 17.9 Å². The molecule has 0 N–H and O–H groups in total. The minimum absolute atomic E-state index is 0.121. The summed E-state index contributed by atoms with van der Waals surface area (Å²) in [5.74, 6) is -1.02. The Morgan fingerprint density at radius 2 is 0.577 bits per heavy atom. The Hall–Kier alpha value is -4.45. The van der Waals surface area contributed by atoms with E-state index in [-0.39, 0.29) is 44.0 Å². The summed E-state index contributed by atoms with van der Waals surface area (Å²) in [5.41, 5.74) is 0. The normalized spacial score (nSPS) is 13.1. The zero-order valence-electron chi connectivity index (χ0n) is 45.7. The van der Waals surface area contributed by atoms with Crippen molar-refractivity contribution in [3.8, 4) is 0 Å². The van der Waals surface area contributed by atoms with Crippen LogP contribution in [-0.2, 0) is 28.6 Å². The van der Waals surface area contributed by atoms with E-state index >= 15 is 0 Å². The topological polar surface area (TPSA) is 78.9 Å².